The number of hydrogen-bond donors (Lipinski definition) is 2. The summed E-state index contributed by atoms with van der Waals surface area (Å²) in [7, 11) is 3.04. The summed E-state index contributed by atoms with van der Waals surface area (Å²) in [6.45, 7) is 1.31. The summed E-state index contributed by atoms with van der Waals surface area (Å²) in [5.41, 5.74) is 1.09. The highest BCUT2D eigenvalue weighted by Crippen LogP contribution is 2.28. The summed E-state index contributed by atoms with van der Waals surface area (Å²) in [4.78, 5) is 24.1. The lowest BCUT2D eigenvalue weighted by Crippen LogP contribution is -2.28. The molecular formula is C19H18Cl2N2O4. The fourth-order valence-corrected chi connectivity index (χ4v) is 2.81. The number of amides is 2. The Morgan fingerprint density at radius 1 is 0.963 bits per heavy atom. The molecule has 0 aliphatic carbocycles. The number of methoxy groups -OCH3 is 2. The van der Waals surface area contributed by atoms with E-state index in [4.69, 9.17) is 32.7 Å². The van der Waals surface area contributed by atoms with Gasteiger partial charge in [0.15, 0.2) is 11.5 Å². The minimum absolute atomic E-state index is 0.0471. The monoisotopic (exact) mass is 408 g/mol. The van der Waals surface area contributed by atoms with E-state index in [0.29, 0.717) is 32.8 Å². The molecule has 2 amide bonds. The molecule has 0 saturated heterocycles. The minimum Gasteiger partial charge on any atom is -0.493 e. The van der Waals surface area contributed by atoms with E-state index in [9.17, 15) is 9.59 Å². The second-order valence-electron chi connectivity index (χ2n) is 5.47. The smallest absolute Gasteiger partial charge is 0.272 e. The Labute approximate surface area is 167 Å². The summed E-state index contributed by atoms with van der Waals surface area (Å²) in [5.74, 6) is 0.128. The molecule has 0 unspecified atom stereocenters. The Morgan fingerprint density at radius 3 is 2.15 bits per heavy atom. The van der Waals surface area contributed by atoms with Crippen molar-refractivity contribution >= 4 is 46.8 Å². The van der Waals surface area contributed by atoms with Crippen molar-refractivity contribution in [2.75, 3.05) is 19.5 Å². The quantitative estimate of drug-likeness (QED) is 0.704. The lowest BCUT2D eigenvalue weighted by molar-refractivity contribution is -0.120. The highest BCUT2D eigenvalue weighted by atomic mass is 35.5. The zero-order valence-corrected chi connectivity index (χ0v) is 16.4. The van der Waals surface area contributed by atoms with E-state index in [1.165, 1.54) is 27.2 Å². The molecule has 0 heterocycles. The number of nitrogens with one attached hydrogen (secondary N) is 2. The van der Waals surface area contributed by atoms with Crippen molar-refractivity contribution in [2.45, 2.75) is 6.92 Å². The van der Waals surface area contributed by atoms with Gasteiger partial charge in [-0.3, -0.25) is 9.59 Å². The normalized spacial score (nSPS) is 10.9. The third-order valence-corrected chi connectivity index (χ3v) is 3.83. The molecule has 2 rings (SSSR count). The van der Waals surface area contributed by atoms with E-state index in [0.717, 1.165) is 0 Å². The van der Waals surface area contributed by atoms with Crippen molar-refractivity contribution in [3.8, 4) is 11.5 Å². The van der Waals surface area contributed by atoms with Crippen LogP contribution in [-0.2, 0) is 9.59 Å². The molecule has 0 saturated carbocycles. The molecule has 2 N–H and O–H groups in total. The molecule has 0 bridgehead atoms. The van der Waals surface area contributed by atoms with Crippen LogP contribution in [0.15, 0.2) is 42.1 Å². The molecule has 6 nitrogen and oxygen atoms in total. The van der Waals surface area contributed by atoms with Crippen LogP contribution in [0.25, 0.3) is 6.08 Å². The van der Waals surface area contributed by atoms with Gasteiger partial charge in [-0.15, -0.1) is 0 Å². The second kappa shape index (κ2) is 9.30. The molecule has 0 aromatic heterocycles. The Morgan fingerprint density at radius 2 is 1.59 bits per heavy atom. The number of carbonyl (C=O) groups is 2. The van der Waals surface area contributed by atoms with Gasteiger partial charge in [0.25, 0.3) is 5.91 Å². The SMILES string of the molecule is COc1ccc(C=C(NC(C)=O)C(=O)Nc2cc(Cl)cc(Cl)c2)cc1OC. The predicted octanol–water partition coefficient (Wildman–Crippen LogP) is 4.13. The van der Waals surface area contributed by atoms with E-state index < -0.39 is 5.91 Å². The van der Waals surface area contributed by atoms with Gasteiger partial charge in [-0.25, -0.2) is 0 Å². The van der Waals surface area contributed by atoms with E-state index in [-0.39, 0.29) is 11.6 Å². The Bertz CT molecular complexity index is 877. The van der Waals surface area contributed by atoms with E-state index >= 15 is 0 Å². The third-order valence-electron chi connectivity index (χ3n) is 3.39. The van der Waals surface area contributed by atoms with Gasteiger partial charge in [-0.2, -0.15) is 0 Å². The lowest BCUT2D eigenvalue weighted by atomic mass is 10.1. The van der Waals surface area contributed by atoms with Crippen LogP contribution in [0.3, 0.4) is 0 Å². The van der Waals surface area contributed by atoms with Crippen molar-refractivity contribution in [3.63, 3.8) is 0 Å². The summed E-state index contributed by atoms with van der Waals surface area (Å²) < 4.78 is 10.4. The Hall–Kier alpha value is -2.70. The molecule has 0 aliphatic rings. The van der Waals surface area contributed by atoms with Crippen LogP contribution in [0.2, 0.25) is 10.0 Å². The first-order valence-corrected chi connectivity index (χ1v) is 8.56. The summed E-state index contributed by atoms with van der Waals surface area (Å²) in [5, 5.41) is 5.92. The molecular weight excluding hydrogens is 391 g/mol. The summed E-state index contributed by atoms with van der Waals surface area (Å²) in [6, 6.07) is 9.76. The van der Waals surface area contributed by atoms with Crippen LogP contribution in [0.1, 0.15) is 12.5 Å². The number of rotatable bonds is 6. The fraction of sp³-hybridized carbons (Fsp3) is 0.158. The molecule has 2 aromatic rings. The van der Waals surface area contributed by atoms with Gasteiger partial charge in [-0.05, 0) is 42.0 Å². The molecule has 0 atom stereocenters. The van der Waals surface area contributed by atoms with Crippen LogP contribution in [0.5, 0.6) is 11.5 Å². The summed E-state index contributed by atoms with van der Waals surface area (Å²) >= 11 is 11.9. The number of carbonyl (C=O) groups excluding carboxylic acids is 2. The highest BCUT2D eigenvalue weighted by molar-refractivity contribution is 6.35. The first-order chi connectivity index (χ1) is 12.8. The van der Waals surface area contributed by atoms with E-state index in [2.05, 4.69) is 10.6 Å². The Balaban J connectivity index is 2.34. The van der Waals surface area contributed by atoms with Crippen molar-refractivity contribution in [2.24, 2.45) is 0 Å². The van der Waals surface area contributed by atoms with Crippen molar-refractivity contribution in [3.05, 3.63) is 57.7 Å². The summed E-state index contributed by atoms with van der Waals surface area (Å²) in [6.07, 6.45) is 1.52. The van der Waals surface area contributed by atoms with Crippen LogP contribution in [0.4, 0.5) is 5.69 Å². The molecule has 0 spiro atoms. The average molecular weight is 409 g/mol. The number of hydrogen-bond acceptors (Lipinski definition) is 4. The van der Waals surface area contributed by atoms with Gasteiger partial charge >= 0.3 is 0 Å². The van der Waals surface area contributed by atoms with Crippen molar-refractivity contribution in [1.82, 2.24) is 5.32 Å². The second-order valence-corrected chi connectivity index (χ2v) is 6.34. The van der Waals surface area contributed by atoms with Crippen molar-refractivity contribution in [1.29, 1.82) is 0 Å². The van der Waals surface area contributed by atoms with Gasteiger partial charge in [0.2, 0.25) is 5.91 Å². The van der Waals surface area contributed by atoms with Gasteiger partial charge < -0.3 is 20.1 Å². The zero-order valence-electron chi connectivity index (χ0n) is 14.9. The molecule has 142 valence electrons. The minimum atomic E-state index is -0.529. The van der Waals surface area contributed by atoms with Gasteiger partial charge in [0, 0.05) is 22.7 Å². The molecule has 8 heteroatoms. The van der Waals surface area contributed by atoms with Crippen LogP contribution in [0, 0.1) is 0 Å². The highest BCUT2D eigenvalue weighted by Gasteiger charge is 2.13. The number of anilines is 1. The van der Waals surface area contributed by atoms with Crippen molar-refractivity contribution < 1.29 is 19.1 Å². The number of benzene rings is 2. The van der Waals surface area contributed by atoms with Crippen LogP contribution < -0.4 is 20.1 Å². The van der Waals surface area contributed by atoms with Crippen LogP contribution in [-0.4, -0.2) is 26.0 Å². The van der Waals surface area contributed by atoms with Gasteiger partial charge in [-0.1, -0.05) is 29.3 Å². The largest absolute Gasteiger partial charge is 0.493 e. The molecule has 0 radical (unpaired) electrons. The first-order valence-electron chi connectivity index (χ1n) is 7.81. The molecule has 0 fully saturated rings. The maximum Gasteiger partial charge on any atom is 0.272 e. The molecule has 2 aromatic carbocycles. The van der Waals surface area contributed by atoms with Crippen LogP contribution >= 0.6 is 23.2 Å². The Kier molecular flexibility index (Phi) is 7.10. The van der Waals surface area contributed by atoms with Gasteiger partial charge in [0.05, 0.1) is 14.2 Å². The zero-order chi connectivity index (χ0) is 20.0. The standard InChI is InChI=1S/C19H18Cl2N2O4/c1-11(24)22-16(6-12-4-5-17(26-2)18(7-12)27-3)19(25)23-15-9-13(20)8-14(21)10-15/h4-10H,1-3H3,(H,22,24)(H,23,25). The molecule has 27 heavy (non-hydrogen) atoms. The maximum atomic E-state index is 12.6. The van der Waals surface area contributed by atoms with E-state index in [1.54, 1.807) is 36.4 Å². The fourth-order valence-electron chi connectivity index (χ4n) is 2.28. The van der Waals surface area contributed by atoms with Gasteiger partial charge in [0.1, 0.15) is 5.70 Å². The third kappa shape index (κ3) is 5.91. The molecule has 0 aliphatic heterocycles. The average Bonchev–Trinajstić information content (AvgIpc) is 2.59. The number of ether oxygens (including phenoxy) is 2. The first kappa shape index (κ1) is 20.6. The topological polar surface area (TPSA) is 76.7 Å². The predicted molar refractivity (Wildman–Crippen MR) is 106 cm³/mol. The lowest BCUT2D eigenvalue weighted by Gasteiger charge is -2.12. The number of halogens is 2. The van der Waals surface area contributed by atoms with E-state index in [1.807, 2.05) is 0 Å². The maximum absolute atomic E-state index is 12.6.